The van der Waals surface area contributed by atoms with Gasteiger partial charge < -0.3 is 55.4 Å². The van der Waals surface area contributed by atoms with Crippen LogP contribution in [-0.4, -0.2) is 0 Å². The van der Waals surface area contributed by atoms with Crippen molar-refractivity contribution in [3.05, 3.63) is 55.4 Å². The Hall–Kier alpha value is 4.42. The molecule has 4 aliphatic carbocycles. The molecule has 0 nitrogen and oxygen atoms in total. The van der Waals surface area contributed by atoms with E-state index >= 15 is 0 Å². The van der Waals surface area contributed by atoms with Crippen LogP contribution in [0.5, 0.6) is 0 Å². The Morgan fingerprint density at radius 3 is 0.567 bits per heavy atom. The van der Waals surface area contributed by atoms with E-state index in [1.165, 1.54) is 148 Å². The van der Waals surface area contributed by atoms with E-state index in [0.717, 1.165) is 55.8 Å². The van der Waals surface area contributed by atoms with Gasteiger partial charge in [0, 0.05) is 131 Å². The molecule has 0 aliphatic heterocycles. The average Bonchev–Trinajstić information content (AvgIpc) is 3.09. The second-order valence-corrected chi connectivity index (χ2v) is 21.5. The van der Waals surface area contributed by atoms with Crippen molar-refractivity contribution in [3.63, 3.8) is 0 Å². The maximum Gasteiger partial charge on any atom is 0 e. The normalized spacial score (nSPS) is 18.8. The van der Waals surface area contributed by atoms with E-state index in [0.29, 0.717) is 21.7 Å². The van der Waals surface area contributed by atoms with Crippen molar-refractivity contribution in [1.29, 1.82) is 0 Å². The van der Waals surface area contributed by atoms with Gasteiger partial charge in [0.15, 0.2) is 0 Å². The van der Waals surface area contributed by atoms with Crippen molar-refractivity contribution in [2.45, 2.75) is 263 Å². The first-order valence-corrected chi connectivity index (χ1v) is 24.6. The average molecular weight is 1140 g/mol. The van der Waals surface area contributed by atoms with Gasteiger partial charge in [-0.3, -0.25) is 0 Å². The van der Waals surface area contributed by atoms with Crippen molar-refractivity contribution in [3.8, 4) is 0 Å². The molecule has 0 heterocycles. The molecule has 0 unspecified atom stereocenters. The molecule has 4 heteroatoms. The Bertz CT molecular complexity index is 630. The first-order valence-electron chi connectivity index (χ1n) is 24.6. The van der Waals surface area contributed by atoms with E-state index in [1.54, 1.807) is 0 Å². The Morgan fingerprint density at radius 2 is 0.450 bits per heavy atom. The Labute approximate surface area is 487 Å². The van der Waals surface area contributed by atoms with Crippen LogP contribution in [0.25, 0.3) is 0 Å². The van der Waals surface area contributed by atoms with E-state index < -0.39 is 0 Å². The molecule has 0 aromatic rings. The van der Waals surface area contributed by atoms with Crippen molar-refractivity contribution >= 4 is 0 Å². The second-order valence-electron chi connectivity index (χ2n) is 21.5. The quantitative estimate of drug-likeness (QED) is 0.213. The minimum atomic E-state index is 0. The van der Waals surface area contributed by atoms with Crippen LogP contribution in [0.4, 0.5) is 0 Å². The van der Waals surface area contributed by atoms with Gasteiger partial charge in [0.05, 0.1) is 0 Å². The first-order chi connectivity index (χ1) is 26.1. The smallest absolute Gasteiger partial charge is 0 e. The third-order valence-electron chi connectivity index (χ3n) is 10.8. The van der Waals surface area contributed by atoms with Gasteiger partial charge in [-0.25, -0.2) is 0 Å². The number of hydrogen-bond donors (Lipinski definition) is 0. The summed E-state index contributed by atoms with van der Waals surface area (Å²) in [7, 11) is 0. The first kappa shape index (κ1) is 81.4. The summed E-state index contributed by atoms with van der Waals surface area (Å²) in [5.41, 5.74) is 1.79. The van der Waals surface area contributed by atoms with Crippen molar-refractivity contribution in [1.82, 2.24) is 0 Å². The summed E-state index contributed by atoms with van der Waals surface area (Å²) < 4.78 is 0. The van der Waals surface area contributed by atoms with Crippen LogP contribution in [0.2, 0.25) is 0 Å². The number of rotatable bonds is 8. The van der Waals surface area contributed by atoms with Crippen LogP contribution in [0.3, 0.4) is 0 Å². The van der Waals surface area contributed by atoms with Crippen molar-refractivity contribution in [2.75, 3.05) is 0 Å². The van der Waals surface area contributed by atoms with Crippen LogP contribution < -0.4 is 0 Å². The fourth-order valence-electron chi connectivity index (χ4n) is 7.71. The summed E-state index contributed by atoms with van der Waals surface area (Å²) in [6, 6.07) is 0. The van der Waals surface area contributed by atoms with Crippen LogP contribution in [-0.2, 0) is 131 Å². The molecule has 0 bridgehead atoms. The summed E-state index contributed by atoms with van der Waals surface area (Å²) >= 11 is 0. The minimum absolute atomic E-state index is 0. The van der Waals surface area contributed by atoms with Gasteiger partial charge in [-0.05, 0) is 23.7 Å². The van der Waals surface area contributed by atoms with E-state index in [9.17, 15) is 0 Å². The molecular weight excluding hydrogens is 1030 g/mol. The molecule has 0 amide bonds. The molecule has 4 aliphatic rings. The molecule has 4 rings (SSSR count). The van der Waals surface area contributed by atoms with Gasteiger partial charge in [0.1, 0.15) is 0 Å². The van der Waals surface area contributed by atoms with Gasteiger partial charge in [-0.15, -0.1) is 19.3 Å². The molecule has 4 saturated carbocycles. The van der Waals surface area contributed by atoms with Crippen LogP contribution in [0.15, 0.2) is 0 Å². The van der Waals surface area contributed by atoms with Crippen LogP contribution in [0.1, 0.15) is 263 Å². The van der Waals surface area contributed by atoms with Crippen molar-refractivity contribution < 1.29 is 131 Å². The Balaban J connectivity index is -0.0000000879. The summed E-state index contributed by atoms with van der Waals surface area (Å²) in [5.74, 6) is 3.33. The summed E-state index contributed by atoms with van der Waals surface area (Å²) in [6.45, 7) is 58.5. The predicted octanol–water partition coefficient (Wildman–Crippen LogP) is 20.2. The molecular formula is C56H112Y4-8. The monoisotopic (exact) mass is 1140 g/mol. The zero-order chi connectivity index (χ0) is 44.1. The van der Waals surface area contributed by atoms with Gasteiger partial charge in [-0.2, -0.15) is 48.3 Å². The Kier molecular flexibility index (Phi) is 71.6. The SMILES string of the molecule is CC(C)C.CC(C)C.CC(C)C.CC(C)C.[CH2-]CC1(C[CH2-])CCCCC1.[CH2-]CCC1([CH2-])CCCCC1.[CH2-]CCC1([CH2-])CCCCC1.[CH2-]CCC1([CH2-])CCCCC1.[Y].[Y].[Y].[Y]. The molecule has 0 atom stereocenters. The summed E-state index contributed by atoms with van der Waals surface area (Å²) in [6.07, 6.45) is 36.7. The number of hydrogen-bond acceptors (Lipinski definition) is 0. The van der Waals surface area contributed by atoms with Gasteiger partial charge in [0.2, 0.25) is 0 Å². The minimum Gasteiger partial charge on any atom is -0.343 e. The second kappa shape index (κ2) is 52.8. The third-order valence-corrected chi connectivity index (χ3v) is 10.8. The van der Waals surface area contributed by atoms with Gasteiger partial charge in [0.25, 0.3) is 0 Å². The zero-order valence-electron chi connectivity index (χ0n) is 44.1. The molecule has 4 radical (unpaired) electrons. The summed E-state index contributed by atoms with van der Waals surface area (Å²) in [4.78, 5) is 0. The molecule has 0 spiro atoms. The molecule has 0 aromatic heterocycles. The van der Waals surface area contributed by atoms with Crippen LogP contribution in [0, 0.1) is 101 Å². The fourth-order valence-corrected chi connectivity index (χ4v) is 7.71. The van der Waals surface area contributed by atoms with Gasteiger partial charge >= 0.3 is 0 Å². The predicted molar refractivity (Wildman–Crippen MR) is 264 cm³/mol. The maximum absolute atomic E-state index is 4.28. The molecule has 0 saturated heterocycles. The Morgan fingerprint density at radius 1 is 0.300 bits per heavy atom. The standard InChI is InChI=1S/4C10H18.4C4H10.4Y/c3*1-3-7-10(2)8-5-4-6-9-10;1-3-10(4-2)8-6-5-7-9-10;4*1-4(2)3;;;;/h4*1-9H2;4*4H,1-3H3;;;;/q4*-2;;;;;;;;. The third kappa shape index (κ3) is 60.4. The molecule has 356 valence electrons. The van der Waals surface area contributed by atoms with E-state index in [1.807, 2.05) is 0 Å². The molecule has 0 N–H and O–H groups in total. The van der Waals surface area contributed by atoms with Crippen molar-refractivity contribution in [2.24, 2.45) is 45.3 Å². The molecule has 0 aromatic carbocycles. The largest absolute Gasteiger partial charge is 0.343 e. The topological polar surface area (TPSA) is 0 Å². The van der Waals surface area contributed by atoms with E-state index in [2.05, 4.69) is 138 Å². The van der Waals surface area contributed by atoms with Crippen LogP contribution >= 0.6 is 0 Å². The van der Waals surface area contributed by atoms with Gasteiger partial charge in [-0.1, -0.05) is 217 Å². The maximum atomic E-state index is 4.28. The molecule has 60 heavy (non-hydrogen) atoms. The van der Waals surface area contributed by atoms with E-state index in [4.69, 9.17) is 0 Å². The zero-order valence-corrected chi connectivity index (χ0v) is 55.4. The summed E-state index contributed by atoms with van der Waals surface area (Å²) in [5, 5.41) is 0. The fraction of sp³-hybridized carbons (Fsp3) is 0.857. The van der Waals surface area contributed by atoms with E-state index in [-0.39, 0.29) is 131 Å². The molecule has 4 fully saturated rings.